The van der Waals surface area contributed by atoms with E-state index in [1.165, 1.54) is 6.26 Å². The monoisotopic (exact) mass is 431 g/mol. The third-order valence-electron chi connectivity index (χ3n) is 5.31. The summed E-state index contributed by atoms with van der Waals surface area (Å²) in [6, 6.07) is 3.93. The number of nitrogens with one attached hydrogen (secondary N) is 1. The molecule has 0 aliphatic carbocycles. The highest BCUT2D eigenvalue weighted by molar-refractivity contribution is 5.91. The minimum Gasteiger partial charge on any atom is -0.446 e. The molecule has 1 atom stereocenters. The maximum absolute atomic E-state index is 12.5. The lowest BCUT2D eigenvalue weighted by atomic mass is 10.2. The average Bonchev–Trinajstić information content (AvgIpc) is 3.50. The summed E-state index contributed by atoms with van der Waals surface area (Å²) in [5, 5.41) is 2.83. The Bertz CT molecular complexity index is 854. The van der Waals surface area contributed by atoms with Gasteiger partial charge in [-0.05, 0) is 39.1 Å². The molecule has 1 aliphatic rings. The molecular weight excluding hydrogens is 398 g/mol. The Balaban J connectivity index is 1.61. The van der Waals surface area contributed by atoms with E-state index in [1.54, 1.807) is 0 Å². The number of hydrogen-bond donors (Lipinski definition) is 1. The van der Waals surface area contributed by atoms with Crippen LogP contribution in [0.15, 0.2) is 29.0 Å². The summed E-state index contributed by atoms with van der Waals surface area (Å²) in [7, 11) is 3.90. The topological polar surface area (TPSA) is 92.8 Å². The van der Waals surface area contributed by atoms with E-state index in [0.717, 1.165) is 31.7 Å². The maximum atomic E-state index is 12.5. The minimum atomic E-state index is -0.249. The number of nitrogens with zero attached hydrogens (tertiary/aromatic N) is 4. The second-order valence-electron chi connectivity index (χ2n) is 8.08. The van der Waals surface area contributed by atoms with Gasteiger partial charge in [0.05, 0.1) is 19.2 Å². The second-order valence-corrected chi connectivity index (χ2v) is 8.08. The Hall–Kier alpha value is -2.65. The van der Waals surface area contributed by atoms with Crippen molar-refractivity contribution < 1.29 is 18.7 Å². The number of ether oxygens (including phenoxy) is 1. The van der Waals surface area contributed by atoms with E-state index < -0.39 is 0 Å². The van der Waals surface area contributed by atoms with E-state index in [4.69, 9.17) is 9.15 Å². The fourth-order valence-electron chi connectivity index (χ4n) is 3.57. The summed E-state index contributed by atoms with van der Waals surface area (Å²) in [6.07, 6.45) is 5.91. The quantitative estimate of drug-likeness (QED) is 0.583. The van der Waals surface area contributed by atoms with Crippen LogP contribution in [-0.4, -0.2) is 77.6 Å². The van der Waals surface area contributed by atoms with Gasteiger partial charge in [0.25, 0.3) is 5.91 Å². The predicted octanol–water partition coefficient (Wildman–Crippen LogP) is 1.73. The molecule has 1 N–H and O–H groups in total. The molecule has 1 fully saturated rings. The lowest BCUT2D eigenvalue weighted by Crippen LogP contribution is -2.37. The van der Waals surface area contributed by atoms with Crippen LogP contribution in [0.2, 0.25) is 0 Å². The number of likely N-dealkylation sites (N-methyl/N-ethyl adjacent to an activating group) is 1. The number of carbonyl (C=O) groups excluding carboxylic acids is 2. The normalized spacial score (nSPS) is 16.1. The van der Waals surface area contributed by atoms with Gasteiger partial charge >= 0.3 is 0 Å². The van der Waals surface area contributed by atoms with E-state index in [-0.39, 0.29) is 23.6 Å². The molecule has 3 heterocycles. The van der Waals surface area contributed by atoms with E-state index in [0.29, 0.717) is 38.5 Å². The van der Waals surface area contributed by atoms with Gasteiger partial charge in [-0.3, -0.25) is 9.59 Å². The molecular formula is C22H33N5O4. The van der Waals surface area contributed by atoms with Gasteiger partial charge in [0.2, 0.25) is 11.8 Å². The summed E-state index contributed by atoms with van der Waals surface area (Å²) in [4.78, 5) is 32.9. The Kier molecular flexibility index (Phi) is 8.25. The van der Waals surface area contributed by atoms with E-state index in [2.05, 4.69) is 10.3 Å². The fraction of sp³-hybridized carbons (Fsp3) is 0.591. The molecule has 2 aromatic rings. The number of oxazole rings is 1. The van der Waals surface area contributed by atoms with Gasteiger partial charge < -0.3 is 28.8 Å². The highest BCUT2D eigenvalue weighted by atomic mass is 16.5. The zero-order valence-corrected chi connectivity index (χ0v) is 18.7. The van der Waals surface area contributed by atoms with Crippen LogP contribution < -0.4 is 5.32 Å². The van der Waals surface area contributed by atoms with E-state index >= 15 is 0 Å². The fourth-order valence-corrected chi connectivity index (χ4v) is 3.57. The first-order valence-corrected chi connectivity index (χ1v) is 10.9. The van der Waals surface area contributed by atoms with Gasteiger partial charge in [-0.25, -0.2) is 4.98 Å². The number of rotatable bonds is 11. The molecule has 1 saturated heterocycles. The van der Waals surface area contributed by atoms with Crippen molar-refractivity contribution >= 4 is 11.8 Å². The SMILES string of the molecule is CCC(=O)N(Cc1cccn1Cc1nc(C(=O)NCCN(C)C)co1)CC1CCCO1. The Labute approximate surface area is 183 Å². The molecule has 2 amide bonds. The molecule has 31 heavy (non-hydrogen) atoms. The predicted molar refractivity (Wildman–Crippen MR) is 116 cm³/mol. The van der Waals surface area contributed by atoms with Gasteiger partial charge in [0.1, 0.15) is 6.26 Å². The van der Waals surface area contributed by atoms with Crippen molar-refractivity contribution in [2.24, 2.45) is 0 Å². The van der Waals surface area contributed by atoms with Crippen LogP contribution in [0.1, 0.15) is 48.3 Å². The molecule has 9 heteroatoms. The standard InChI is InChI=1S/C22H33N5O4/c1-4-21(28)27(14-18-8-6-12-30-18)13-17-7-5-10-26(17)15-20-24-19(16-31-20)22(29)23-9-11-25(2)3/h5,7,10,16,18H,4,6,8-9,11-15H2,1-3H3,(H,23,29). The van der Waals surface area contributed by atoms with Gasteiger partial charge in [-0.1, -0.05) is 6.92 Å². The first kappa shape index (κ1) is 23.0. The summed E-state index contributed by atoms with van der Waals surface area (Å²) < 4.78 is 13.2. The molecule has 9 nitrogen and oxygen atoms in total. The number of amides is 2. The molecule has 1 unspecified atom stereocenters. The Morgan fingerprint density at radius 1 is 1.35 bits per heavy atom. The average molecular weight is 432 g/mol. The van der Waals surface area contributed by atoms with Gasteiger partial charge in [-0.15, -0.1) is 0 Å². The molecule has 0 radical (unpaired) electrons. The Morgan fingerprint density at radius 2 is 2.19 bits per heavy atom. The smallest absolute Gasteiger partial charge is 0.273 e. The molecule has 0 saturated carbocycles. The Morgan fingerprint density at radius 3 is 2.90 bits per heavy atom. The van der Waals surface area contributed by atoms with Crippen molar-refractivity contribution in [3.63, 3.8) is 0 Å². The first-order chi connectivity index (χ1) is 15.0. The molecule has 0 spiro atoms. The van der Waals surface area contributed by atoms with Crippen molar-refractivity contribution in [1.82, 2.24) is 24.7 Å². The number of carbonyl (C=O) groups is 2. The van der Waals surface area contributed by atoms with Crippen LogP contribution in [0, 0.1) is 0 Å². The van der Waals surface area contributed by atoms with Gasteiger partial charge in [-0.2, -0.15) is 0 Å². The highest BCUT2D eigenvalue weighted by Gasteiger charge is 2.23. The van der Waals surface area contributed by atoms with E-state index in [1.807, 2.05) is 53.7 Å². The minimum absolute atomic E-state index is 0.107. The molecule has 170 valence electrons. The van der Waals surface area contributed by atoms with Crippen molar-refractivity contribution in [3.8, 4) is 0 Å². The molecule has 0 bridgehead atoms. The van der Waals surface area contributed by atoms with Crippen LogP contribution in [0.5, 0.6) is 0 Å². The largest absolute Gasteiger partial charge is 0.446 e. The van der Waals surface area contributed by atoms with Crippen molar-refractivity contribution in [2.45, 2.75) is 45.4 Å². The third kappa shape index (κ3) is 6.67. The lowest BCUT2D eigenvalue weighted by molar-refractivity contribution is -0.133. The molecule has 2 aromatic heterocycles. The van der Waals surface area contributed by atoms with E-state index in [9.17, 15) is 9.59 Å². The molecule has 0 aromatic carbocycles. The number of hydrogen-bond acceptors (Lipinski definition) is 6. The summed E-state index contributed by atoms with van der Waals surface area (Å²) in [5.41, 5.74) is 1.25. The molecule has 1 aliphatic heterocycles. The maximum Gasteiger partial charge on any atom is 0.273 e. The summed E-state index contributed by atoms with van der Waals surface area (Å²) in [5.74, 6) is 0.305. The van der Waals surface area contributed by atoms with Crippen molar-refractivity contribution in [2.75, 3.05) is 40.3 Å². The van der Waals surface area contributed by atoms with Crippen LogP contribution in [0.4, 0.5) is 0 Å². The second kappa shape index (κ2) is 11.1. The van der Waals surface area contributed by atoms with Crippen molar-refractivity contribution in [1.29, 1.82) is 0 Å². The summed E-state index contributed by atoms with van der Waals surface area (Å²) in [6.45, 7) is 5.43. The zero-order valence-electron chi connectivity index (χ0n) is 18.7. The lowest BCUT2D eigenvalue weighted by Gasteiger charge is -2.25. The molecule has 3 rings (SSSR count). The third-order valence-corrected chi connectivity index (χ3v) is 5.31. The summed E-state index contributed by atoms with van der Waals surface area (Å²) >= 11 is 0. The van der Waals surface area contributed by atoms with Crippen LogP contribution in [0.3, 0.4) is 0 Å². The number of aromatic nitrogens is 2. The van der Waals surface area contributed by atoms with Crippen molar-refractivity contribution in [3.05, 3.63) is 41.9 Å². The highest BCUT2D eigenvalue weighted by Crippen LogP contribution is 2.17. The zero-order chi connectivity index (χ0) is 22.2. The first-order valence-electron chi connectivity index (χ1n) is 10.9. The van der Waals surface area contributed by atoms with Crippen LogP contribution >= 0.6 is 0 Å². The van der Waals surface area contributed by atoms with Gasteiger partial charge in [0.15, 0.2) is 5.69 Å². The van der Waals surface area contributed by atoms with Crippen LogP contribution in [0.25, 0.3) is 0 Å². The van der Waals surface area contributed by atoms with Gasteiger partial charge in [0, 0.05) is 44.6 Å². The van der Waals surface area contributed by atoms with Crippen LogP contribution in [-0.2, 0) is 22.6 Å².